The zero-order chi connectivity index (χ0) is 15.4. The van der Waals surface area contributed by atoms with Gasteiger partial charge in [-0.05, 0) is 19.1 Å². The molecule has 0 bridgehead atoms. The number of imide groups is 1. The van der Waals surface area contributed by atoms with Gasteiger partial charge in [0.15, 0.2) is 0 Å². The number of carbonyl (C=O) groups excluding carboxylic acids is 3. The number of thioether (sulfide) groups is 1. The average molecular weight is 302 g/mol. The predicted octanol–water partition coefficient (Wildman–Crippen LogP) is 1.94. The molecule has 0 spiro atoms. The summed E-state index contributed by atoms with van der Waals surface area (Å²) in [5, 5.41) is -0.175. The van der Waals surface area contributed by atoms with Gasteiger partial charge in [0.25, 0.3) is 0 Å². The molecule has 0 saturated heterocycles. The summed E-state index contributed by atoms with van der Waals surface area (Å²) < 4.78 is 0. The second-order valence-electron chi connectivity index (χ2n) is 4.78. The third-order valence-corrected chi connectivity index (χ3v) is 4.12. The Hall–Kier alpha value is -1.04. The molecular weight excluding hydrogens is 276 g/mol. The van der Waals surface area contributed by atoms with E-state index in [1.54, 1.807) is 0 Å². The van der Waals surface area contributed by atoms with Crippen LogP contribution in [0.2, 0.25) is 0 Å². The average Bonchev–Trinajstić information content (AvgIpc) is 2.43. The quantitative estimate of drug-likeness (QED) is 0.441. The Bertz CT molecular complexity index is 311. The second-order valence-corrected chi connectivity index (χ2v) is 5.82. The van der Waals surface area contributed by atoms with Crippen molar-refractivity contribution in [2.45, 2.75) is 57.1 Å². The van der Waals surface area contributed by atoms with E-state index >= 15 is 0 Å². The molecule has 5 nitrogen and oxygen atoms in total. The van der Waals surface area contributed by atoms with Crippen LogP contribution in [0, 0.1) is 0 Å². The Labute approximate surface area is 125 Å². The Morgan fingerprint density at radius 3 is 2.45 bits per heavy atom. The van der Waals surface area contributed by atoms with Crippen molar-refractivity contribution < 1.29 is 14.4 Å². The van der Waals surface area contributed by atoms with Crippen molar-refractivity contribution in [1.29, 1.82) is 0 Å². The van der Waals surface area contributed by atoms with Gasteiger partial charge in [-0.15, -0.1) is 0 Å². The Kier molecular flexibility index (Phi) is 11.1. The number of amides is 3. The van der Waals surface area contributed by atoms with Crippen molar-refractivity contribution in [3.05, 3.63) is 0 Å². The molecule has 0 aliphatic heterocycles. The molecule has 0 aromatic carbocycles. The summed E-state index contributed by atoms with van der Waals surface area (Å²) in [6.07, 6.45) is 8.29. The summed E-state index contributed by atoms with van der Waals surface area (Å²) in [6, 6.07) is 0. The minimum Gasteiger partial charge on any atom is -0.370 e. The van der Waals surface area contributed by atoms with Crippen molar-refractivity contribution in [3.63, 3.8) is 0 Å². The number of primary amides is 1. The van der Waals surface area contributed by atoms with Gasteiger partial charge >= 0.3 is 0 Å². The molecule has 0 aromatic heterocycles. The van der Waals surface area contributed by atoms with Gasteiger partial charge in [-0.1, -0.05) is 32.6 Å². The number of rotatable bonds is 12. The van der Waals surface area contributed by atoms with Gasteiger partial charge in [0.1, 0.15) is 0 Å². The third-order valence-electron chi connectivity index (χ3n) is 3.11. The van der Waals surface area contributed by atoms with Gasteiger partial charge in [-0.3, -0.25) is 19.3 Å². The lowest BCUT2D eigenvalue weighted by Gasteiger charge is -2.21. The van der Waals surface area contributed by atoms with E-state index in [4.69, 9.17) is 5.73 Å². The van der Waals surface area contributed by atoms with Gasteiger partial charge in [0.2, 0.25) is 18.2 Å². The van der Waals surface area contributed by atoms with Crippen molar-refractivity contribution in [1.82, 2.24) is 4.90 Å². The fraction of sp³-hybridized carbons (Fsp3) is 0.786. The van der Waals surface area contributed by atoms with Gasteiger partial charge in [0, 0.05) is 13.0 Å². The van der Waals surface area contributed by atoms with E-state index in [1.807, 2.05) is 6.26 Å². The molecule has 0 aromatic rings. The van der Waals surface area contributed by atoms with Crippen LogP contribution in [-0.4, -0.2) is 41.2 Å². The predicted molar refractivity (Wildman–Crippen MR) is 82.3 cm³/mol. The molecule has 1 atom stereocenters. The molecule has 0 rings (SSSR count). The van der Waals surface area contributed by atoms with Crippen LogP contribution in [0.25, 0.3) is 0 Å². The third kappa shape index (κ3) is 8.19. The summed E-state index contributed by atoms with van der Waals surface area (Å²) in [5.41, 5.74) is 5.04. The summed E-state index contributed by atoms with van der Waals surface area (Å²) in [6.45, 7) is 2.40. The highest BCUT2D eigenvalue weighted by Gasteiger charge is 2.22. The molecular formula is C14H26N2O3S. The molecule has 3 amide bonds. The highest BCUT2D eigenvalue weighted by Crippen LogP contribution is 2.18. The standard InChI is InChI=1S/C14H26N2O3S/c1-3-4-5-6-8-12(20-2)14(19)16(11-17)10-7-9-13(15)18/h11-12H,3-10H2,1-2H3,(H2,15,18). The number of carbonyl (C=O) groups is 3. The lowest BCUT2D eigenvalue weighted by molar-refractivity contribution is -0.138. The van der Waals surface area contributed by atoms with Crippen LogP contribution < -0.4 is 5.73 Å². The lowest BCUT2D eigenvalue weighted by Crippen LogP contribution is -2.37. The van der Waals surface area contributed by atoms with Gasteiger partial charge in [-0.2, -0.15) is 11.8 Å². The summed E-state index contributed by atoms with van der Waals surface area (Å²) in [7, 11) is 0. The highest BCUT2D eigenvalue weighted by molar-refractivity contribution is 7.99. The minimum atomic E-state index is -0.413. The van der Waals surface area contributed by atoms with E-state index in [-0.39, 0.29) is 24.1 Å². The van der Waals surface area contributed by atoms with Gasteiger partial charge in [0.05, 0.1) is 5.25 Å². The smallest absolute Gasteiger partial charge is 0.242 e. The topological polar surface area (TPSA) is 80.5 Å². The number of nitrogens with zero attached hydrogens (tertiary/aromatic N) is 1. The largest absolute Gasteiger partial charge is 0.370 e. The molecule has 0 aliphatic carbocycles. The molecule has 1 unspecified atom stereocenters. The first-order chi connectivity index (χ1) is 9.56. The van der Waals surface area contributed by atoms with Gasteiger partial charge in [-0.25, -0.2) is 0 Å². The van der Waals surface area contributed by atoms with E-state index in [9.17, 15) is 14.4 Å². The van der Waals surface area contributed by atoms with E-state index in [0.29, 0.717) is 12.8 Å². The first kappa shape index (κ1) is 19.0. The van der Waals surface area contributed by atoms with Crippen LogP contribution >= 0.6 is 11.8 Å². The van der Waals surface area contributed by atoms with Crippen LogP contribution in [-0.2, 0) is 14.4 Å². The van der Waals surface area contributed by atoms with Crippen LogP contribution in [0.15, 0.2) is 0 Å². The monoisotopic (exact) mass is 302 g/mol. The maximum Gasteiger partial charge on any atom is 0.242 e. The normalized spacial score (nSPS) is 11.9. The molecule has 2 N–H and O–H groups in total. The van der Waals surface area contributed by atoms with Crippen LogP contribution in [0.1, 0.15) is 51.9 Å². The Morgan fingerprint density at radius 2 is 1.95 bits per heavy atom. The van der Waals surface area contributed by atoms with Crippen molar-refractivity contribution >= 4 is 30.0 Å². The summed E-state index contributed by atoms with van der Waals surface area (Å²) >= 11 is 1.48. The number of unbranched alkanes of at least 4 members (excludes halogenated alkanes) is 3. The summed E-state index contributed by atoms with van der Waals surface area (Å²) in [4.78, 5) is 35.0. The molecule has 6 heteroatoms. The molecule has 0 fully saturated rings. The van der Waals surface area contributed by atoms with E-state index in [0.717, 1.165) is 25.7 Å². The maximum atomic E-state index is 12.2. The fourth-order valence-electron chi connectivity index (χ4n) is 1.92. The number of hydrogen-bond donors (Lipinski definition) is 1. The fourth-order valence-corrected chi connectivity index (χ4v) is 2.66. The molecule has 0 saturated carbocycles. The van der Waals surface area contributed by atoms with E-state index in [1.165, 1.54) is 23.1 Å². The SMILES string of the molecule is CCCCCCC(SC)C(=O)N(C=O)CCCC(N)=O. The Balaban J connectivity index is 4.23. The molecule has 116 valence electrons. The number of nitrogens with two attached hydrogens (primary N) is 1. The molecule has 0 aliphatic rings. The van der Waals surface area contributed by atoms with Crippen molar-refractivity contribution in [2.75, 3.05) is 12.8 Å². The number of hydrogen-bond acceptors (Lipinski definition) is 4. The molecule has 0 radical (unpaired) electrons. The van der Waals surface area contributed by atoms with Crippen molar-refractivity contribution in [2.24, 2.45) is 5.73 Å². The van der Waals surface area contributed by atoms with Crippen LogP contribution in [0.3, 0.4) is 0 Å². The second kappa shape index (κ2) is 11.8. The first-order valence-corrected chi connectivity index (χ1v) is 8.42. The lowest BCUT2D eigenvalue weighted by atomic mass is 10.1. The van der Waals surface area contributed by atoms with Crippen molar-refractivity contribution in [3.8, 4) is 0 Å². The zero-order valence-corrected chi connectivity index (χ0v) is 13.3. The van der Waals surface area contributed by atoms with Gasteiger partial charge < -0.3 is 5.73 Å². The van der Waals surface area contributed by atoms with Crippen LogP contribution in [0.4, 0.5) is 0 Å². The zero-order valence-electron chi connectivity index (χ0n) is 12.5. The molecule has 20 heavy (non-hydrogen) atoms. The van der Waals surface area contributed by atoms with Crippen LogP contribution in [0.5, 0.6) is 0 Å². The summed E-state index contributed by atoms with van der Waals surface area (Å²) in [5.74, 6) is -0.572. The molecule has 0 heterocycles. The highest BCUT2D eigenvalue weighted by atomic mass is 32.2. The van der Waals surface area contributed by atoms with E-state index < -0.39 is 5.91 Å². The Morgan fingerprint density at radius 1 is 1.25 bits per heavy atom. The maximum absolute atomic E-state index is 12.2. The van der Waals surface area contributed by atoms with E-state index in [2.05, 4.69) is 6.92 Å². The minimum absolute atomic E-state index is 0.159. The first-order valence-electron chi connectivity index (χ1n) is 7.13.